The van der Waals surface area contributed by atoms with Gasteiger partial charge < -0.3 is 15.0 Å². The van der Waals surface area contributed by atoms with Gasteiger partial charge in [-0.15, -0.1) is 0 Å². The normalized spacial score (nSPS) is 22.8. The molecule has 2 unspecified atom stereocenters. The molecule has 3 nitrogen and oxygen atoms in total. The van der Waals surface area contributed by atoms with E-state index in [1.54, 1.807) is 6.07 Å². The molecule has 2 atom stereocenters. The van der Waals surface area contributed by atoms with E-state index in [1.807, 2.05) is 12.1 Å². The summed E-state index contributed by atoms with van der Waals surface area (Å²) in [6.07, 6.45) is 4.35. The number of nitrogens with one attached hydrogen (secondary N) is 1. The van der Waals surface area contributed by atoms with Crippen molar-refractivity contribution in [1.29, 1.82) is 0 Å². The van der Waals surface area contributed by atoms with Crippen molar-refractivity contribution in [2.45, 2.75) is 38.0 Å². The van der Waals surface area contributed by atoms with Crippen molar-refractivity contribution in [3.05, 3.63) is 101 Å². The summed E-state index contributed by atoms with van der Waals surface area (Å²) in [5.41, 5.74) is 8.32. The zero-order valence-corrected chi connectivity index (χ0v) is 19.3. The molecule has 0 spiro atoms. The van der Waals surface area contributed by atoms with Gasteiger partial charge in [-0.2, -0.15) is 0 Å². The van der Waals surface area contributed by atoms with Crippen molar-refractivity contribution in [2.75, 3.05) is 19.6 Å². The molecule has 1 saturated heterocycles. The van der Waals surface area contributed by atoms with Crippen molar-refractivity contribution in [3.8, 4) is 5.75 Å². The van der Waals surface area contributed by atoms with E-state index in [-0.39, 0.29) is 5.41 Å². The number of aromatic amines is 1. The monoisotopic (exact) mass is 436 g/mol. The molecule has 1 fully saturated rings. The van der Waals surface area contributed by atoms with Crippen LogP contribution >= 0.6 is 0 Å². The van der Waals surface area contributed by atoms with E-state index in [1.165, 1.54) is 38.9 Å². The van der Waals surface area contributed by atoms with Crippen molar-refractivity contribution in [2.24, 2.45) is 5.92 Å². The first-order valence-corrected chi connectivity index (χ1v) is 12.3. The molecule has 0 saturated carbocycles. The highest BCUT2D eigenvalue weighted by Crippen LogP contribution is 2.49. The molecule has 2 aliphatic rings. The van der Waals surface area contributed by atoms with Crippen LogP contribution in [-0.4, -0.2) is 34.6 Å². The number of aryl methyl sites for hydroxylation is 1. The third kappa shape index (κ3) is 3.55. The van der Waals surface area contributed by atoms with Crippen LogP contribution < -0.4 is 0 Å². The van der Waals surface area contributed by atoms with Gasteiger partial charge in [0, 0.05) is 35.1 Å². The van der Waals surface area contributed by atoms with Crippen LogP contribution in [0.25, 0.3) is 10.9 Å². The number of fused-ring (bicyclic) bond motifs is 4. The van der Waals surface area contributed by atoms with Crippen molar-refractivity contribution in [3.63, 3.8) is 0 Å². The van der Waals surface area contributed by atoms with E-state index in [4.69, 9.17) is 0 Å². The van der Waals surface area contributed by atoms with Gasteiger partial charge in [-0.05, 0) is 79.5 Å². The zero-order chi connectivity index (χ0) is 22.4. The third-order valence-corrected chi connectivity index (χ3v) is 8.30. The fourth-order valence-electron chi connectivity index (χ4n) is 6.48. The Morgan fingerprint density at radius 1 is 1.03 bits per heavy atom. The largest absolute Gasteiger partial charge is 0.508 e. The third-order valence-electron chi connectivity index (χ3n) is 8.30. The van der Waals surface area contributed by atoms with Gasteiger partial charge in [0.25, 0.3) is 0 Å². The summed E-state index contributed by atoms with van der Waals surface area (Å²) in [5, 5.41) is 11.7. The predicted molar refractivity (Wildman–Crippen MR) is 135 cm³/mol. The zero-order valence-electron chi connectivity index (χ0n) is 19.3. The second-order valence-corrected chi connectivity index (χ2v) is 10.2. The fraction of sp³-hybridized carbons (Fsp3) is 0.333. The number of nitrogens with zero attached hydrogens (tertiary/aromatic N) is 1. The molecule has 4 aromatic rings. The number of para-hydroxylation sites is 1. The first-order valence-electron chi connectivity index (χ1n) is 12.3. The first kappa shape index (κ1) is 20.6. The van der Waals surface area contributed by atoms with E-state index in [0.29, 0.717) is 11.7 Å². The molecule has 0 amide bonds. The van der Waals surface area contributed by atoms with Crippen LogP contribution in [0.5, 0.6) is 5.75 Å². The Kier molecular flexibility index (Phi) is 5.03. The van der Waals surface area contributed by atoms with E-state index < -0.39 is 0 Å². The van der Waals surface area contributed by atoms with Crippen molar-refractivity contribution < 1.29 is 5.11 Å². The molecule has 168 valence electrons. The number of likely N-dealkylation sites (tertiary alicyclic amines) is 1. The van der Waals surface area contributed by atoms with E-state index in [0.717, 1.165) is 45.3 Å². The molecule has 2 heterocycles. The maximum Gasteiger partial charge on any atom is 0.115 e. The number of piperidine rings is 1. The first-order chi connectivity index (χ1) is 16.1. The molecule has 33 heavy (non-hydrogen) atoms. The maximum absolute atomic E-state index is 10.3. The van der Waals surface area contributed by atoms with Crippen LogP contribution in [0, 0.1) is 12.8 Å². The smallest absolute Gasteiger partial charge is 0.115 e. The molecule has 6 rings (SSSR count). The summed E-state index contributed by atoms with van der Waals surface area (Å²) >= 11 is 0. The number of benzene rings is 3. The number of rotatable bonds is 4. The number of aromatic hydroxyl groups is 1. The van der Waals surface area contributed by atoms with Crippen LogP contribution in [0.3, 0.4) is 0 Å². The minimum Gasteiger partial charge on any atom is -0.508 e. The SMILES string of the molecule is Cc1cccc2c3c([nH]c12)CC1(c2cccc(O)c2)CCN(CCc2ccccc2)CC1C3. The highest BCUT2D eigenvalue weighted by atomic mass is 16.3. The van der Waals surface area contributed by atoms with Gasteiger partial charge in [0.2, 0.25) is 0 Å². The van der Waals surface area contributed by atoms with Gasteiger partial charge in [0.15, 0.2) is 0 Å². The minimum absolute atomic E-state index is 0.0732. The van der Waals surface area contributed by atoms with Gasteiger partial charge in [-0.25, -0.2) is 0 Å². The van der Waals surface area contributed by atoms with Crippen LogP contribution in [0.2, 0.25) is 0 Å². The molecule has 1 aliphatic carbocycles. The maximum atomic E-state index is 10.3. The Bertz CT molecular complexity index is 1290. The number of H-pyrrole nitrogens is 1. The van der Waals surface area contributed by atoms with Gasteiger partial charge in [-0.3, -0.25) is 0 Å². The van der Waals surface area contributed by atoms with Gasteiger partial charge in [-0.1, -0.05) is 60.7 Å². The predicted octanol–water partition coefficient (Wildman–Crippen LogP) is 5.78. The molecule has 3 heteroatoms. The molecule has 3 aromatic carbocycles. The molecular weight excluding hydrogens is 404 g/mol. The van der Waals surface area contributed by atoms with Gasteiger partial charge in [0.1, 0.15) is 5.75 Å². The van der Waals surface area contributed by atoms with E-state index >= 15 is 0 Å². The standard InChI is InChI=1S/C30H32N2O/c1-21-7-5-12-26-27-18-24-20-32(15-13-22-8-3-2-4-9-22)16-14-30(24,19-28(27)31-29(21)26)23-10-6-11-25(33)17-23/h2-12,17,24,31,33H,13-16,18-20H2,1H3. The number of phenolic OH excluding ortho intramolecular Hbond substituents is 1. The van der Waals surface area contributed by atoms with Crippen LogP contribution in [0.4, 0.5) is 0 Å². The second kappa shape index (κ2) is 8.07. The lowest BCUT2D eigenvalue weighted by atomic mass is 9.58. The summed E-state index contributed by atoms with van der Waals surface area (Å²) in [5.74, 6) is 0.918. The van der Waals surface area contributed by atoms with Crippen LogP contribution in [-0.2, 0) is 24.7 Å². The molecule has 1 aromatic heterocycles. The van der Waals surface area contributed by atoms with E-state index in [9.17, 15) is 5.11 Å². The number of aromatic nitrogens is 1. The molecule has 0 bridgehead atoms. The molecular formula is C30H32N2O. The van der Waals surface area contributed by atoms with Gasteiger partial charge in [0.05, 0.1) is 0 Å². The lowest BCUT2D eigenvalue weighted by Gasteiger charge is -2.51. The average Bonchev–Trinajstić information content (AvgIpc) is 3.20. The minimum atomic E-state index is 0.0732. The van der Waals surface area contributed by atoms with E-state index in [2.05, 4.69) is 71.4 Å². The van der Waals surface area contributed by atoms with Crippen LogP contribution in [0.15, 0.2) is 72.8 Å². The number of phenols is 1. The summed E-state index contributed by atoms with van der Waals surface area (Å²) in [4.78, 5) is 6.48. The van der Waals surface area contributed by atoms with Gasteiger partial charge >= 0.3 is 0 Å². The molecule has 0 radical (unpaired) electrons. The number of hydrogen-bond acceptors (Lipinski definition) is 2. The summed E-state index contributed by atoms with van der Waals surface area (Å²) in [6, 6.07) is 25.6. The van der Waals surface area contributed by atoms with Crippen molar-refractivity contribution in [1.82, 2.24) is 9.88 Å². The molecule has 2 N–H and O–H groups in total. The lowest BCUT2D eigenvalue weighted by molar-refractivity contribution is 0.0822. The Hall–Kier alpha value is -3.04. The topological polar surface area (TPSA) is 39.3 Å². The summed E-state index contributed by atoms with van der Waals surface area (Å²) < 4.78 is 0. The highest BCUT2D eigenvalue weighted by Gasteiger charge is 2.48. The summed E-state index contributed by atoms with van der Waals surface area (Å²) in [7, 11) is 0. The Balaban J connectivity index is 1.36. The Labute approximate surface area is 196 Å². The average molecular weight is 437 g/mol. The summed E-state index contributed by atoms with van der Waals surface area (Å²) in [6.45, 7) is 5.53. The molecule has 1 aliphatic heterocycles. The Morgan fingerprint density at radius 3 is 2.73 bits per heavy atom. The lowest BCUT2D eigenvalue weighted by Crippen LogP contribution is -2.54. The quantitative estimate of drug-likeness (QED) is 0.425. The Morgan fingerprint density at radius 2 is 1.88 bits per heavy atom. The highest BCUT2D eigenvalue weighted by molar-refractivity contribution is 5.87. The van der Waals surface area contributed by atoms with Crippen molar-refractivity contribution >= 4 is 10.9 Å². The number of hydrogen-bond donors (Lipinski definition) is 2. The van der Waals surface area contributed by atoms with Crippen LogP contribution in [0.1, 0.15) is 34.4 Å². The second-order valence-electron chi connectivity index (χ2n) is 10.2. The fourth-order valence-corrected chi connectivity index (χ4v) is 6.48.